The van der Waals surface area contributed by atoms with Gasteiger partial charge in [0.2, 0.25) is 0 Å². The lowest BCUT2D eigenvalue weighted by Crippen LogP contribution is -2.27. The van der Waals surface area contributed by atoms with Crippen LogP contribution in [-0.4, -0.2) is 49.2 Å². The van der Waals surface area contributed by atoms with Crippen LogP contribution >= 0.6 is 0 Å². The van der Waals surface area contributed by atoms with Crippen molar-refractivity contribution in [3.05, 3.63) is 72.3 Å². The number of benzene rings is 2. The molecule has 0 aromatic heterocycles. The molecule has 2 rings (SSSR count). The lowest BCUT2D eigenvalue weighted by Gasteiger charge is -2.33. The summed E-state index contributed by atoms with van der Waals surface area (Å²) >= 11 is 0. The number of ether oxygens (including phenoxy) is 3. The first kappa shape index (κ1) is 23.4. The second-order valence-electron chi connectivity index (χ2n) is 6.94. The molecule has 6 nitrogen and oxygen atoms in total. The molecule has 0 spiro atoms. The van der Waals surface area contributed by atoms with E-state index in [1.54, 1.807) is 0 Å². The van der Waals surface area contributed by atoms with Crippen molar-refractivity contribution >= 4 is 5.97 Å². The number of aliphatic hydroxyl groups excluding tert-OH is 2. The van der Waals surface area contributed by atoms with Gasteiger partial charge in [0.05, 0.1) is 13.2 Å². The van der Waals surface area contributed by atoms with Crippen LogP contribution in [0.3, 0.4) is 0 Å². The fourth-order valence-corrected chi connectivity index (χ4v) is 3.40. The predicted molar refractivity (Wildman–Crippen MR) is 115 cm³/mol. The molecule has 0 saturated heterocycles. The standard InChI is InChI=1S/C24H30O6/c1-3-16-30-23(27)12-13-24(2,19-8-4-6-10-21(19)28-17-14-25)20-9-5-7-11-22(20)29-18-15-26/h3-11,25-26H,1,12-18H2,2H3. The number of para-hydroxylation sites is 2. The van der Waals surface area contributed by atoms with E-state index in [1.807, 2.05) is 55.5 Å². The topological polar surface area (TPSA) is 85.2 Å². The monoisotopic (exact) mass is 414 g/mol. The van der Waals surface area contributed by atoms with E-state index in [-0.39, 0.29) is 45.4 Å². The maximum Gasteiger partial charge on any atom is 0.306 e. The van der Waals surface area contributed by atoms with Crippen LogP contribution < -0.4 is 9.47 Å². The van der Waals surface area contributed by atoms with E-state index in [9.17, 15) is 15.0 Å². The summed E-state index contributed by atoms with van der Waals surface area (Å²) in [5.41, 5.74) is 1.09. The summed E-state index contributed by atoms with van der Waals surface area (Å²) < 4.78 is 16.7. The molecule has 30 heavy (non-hydrogen) atoms. The highest BCUT2D eigenvalue weighted by atomic mass is 16.5. The van der Waals surface area contributed by atoms with Crippen molar-refractivity contribution in [2.75, 3.05) is 33.0 Å². The molecule has 0 bridgehead atoms. The molecule has 0 radical (unpaired) electrons. The van der Waals surface area contributed by atoms with Crippen molar-refractivity contribution in [1.82, 2.24) is 0 Å². The van der Waals surface area contributed by atoms with Crippen molar-refractivity contribution < 1.29 is 29.2 Å². The number of aliphatic hydroxyl groups is 2. The molecular formula is C24H30O6. The van der Waals surface area contributed by atoms with Crippen LogP contribution in [0.1, 0.15) is 30.9 Å². The van der Waals surface area contributed by atoms with E-state index in [0.717, 1.165) is 11.1 Å². The van der Waals surface area contributed by atoms with Crippen LogP contribution in [0.15, 0.2) is 61.2 Å². The molecule has 2 N–H and O–H groups in total. The molecular weight excluding hydrogens is 384 g/mol. The van der Waals surface area contributed by atoms with E-state index in [1.165, 1.54) is 6.08 Å². The third-order valence-corrected chi connectivity index (χ3v) is 4.85. The van der Waals surface area contributed by atoms with E-state index < -0.39 is 5.41 Å². The fraction of sp³-hybridized carbons (Fsp3) is 0.375. The van der Waals surface area contributed by atoms with Gasteiger partial charge in [0.1, 0.15) is 31.3 Å². The molecule has 0 amide bonds. The highest BCUT2D eigenvalue weighted by Crippen LogP contribution is 2.44. The minimum Gasteiger partial charge on any atom is -0.491 e. The Kier molecular flexibility index (Phi) is 9.38. The maximum atomic E-state index is 12.2. The fourth-order valence-electron chi connectivity index (χ4n) is 3.40. The number of carbonyl (C=O) groups excluding carboxylic acids is 1. The van der Waals surface area contributed by atoms with Crippen molar-refractivity contribution in [1.29, 1.82) is 0 Å². The summed E-state index contributed by atoms with van der Waals surface area (Å²) in [6, 6.07) is 15.1. The summed E-state index contributed by atoms with van der Waals surface area (Å²) in [5, 5.41) is 18.4. The number of rotatable bonds is 13. The zero-order chi connectivity index (χ0) is 21.8. The van der Waals surface area contributed by atoms with Crippen LogP contribution in [0.2, 0.25) is 0 Å². The largest absolute Gasteiger partial charge is 0.491 e. The SMILES string of the molecule is C=CCOC(=O)CCC(C)(c1ccccc1OCCO)c1ccccc1OCCO. The van der Waals surface area contributed by atoms with Gasteiger partial charge in [-0.3, -0.25) is 4.79 Å². The van der Waals surface area contributed by atoms with E-state index in [2.05, 4.69) is 6.58 Å². The first-order valence-corrected chi connectivity index (χ1v) is 9.99. The predicted octanol–water partition coefficient (Wildman–Crippen LogP) is 3.24. The van der Waals surface area contributed by atoms with Crippen molar-refractivity contribution in [2.45, 2.75) is 25.2 Å². The number of hydrogen-bond acceptors (Lipinski definition) is 6. The Morgan fingerprint density at radius 2 is 1.47 bits per heavy atom. The van der Waals surface area contributed by atoms with Crippen LogP contribution in [-0.2, 0) is 14.9 Å². The van der Waals surface area contributed by atoms with Gasteiger partial charge in [-0.15, -0.1) is 0 Å². The highest BCUT2D eigenvalue weighted by Gasteiger charge is 2.35. The number of esters is 1. The summed E-state index contributed by atoms with van der Waals surface area (Å²) in [5.74, 6) is 0.944. The second-order valence-corrected chi connectivity index (χ2v) is 6.94. The first-order valence-electron chi connectivity index (χ1n) is 9.99. The molecule has 0 fully saturated rings. The third kappa shape index (κ3) is 6.08. The Morgan fingerprint density at radius 3 is 1.93 bits per heavy atom. The molecule has 6 heteroatoms. The lowest BCUT2D eigenvalue weighted by atomic mass is 9.72. The molecule has 0 saturated carbocycles. The average molecular weight is 414 g/mol. The summed E-state index contributed by atoms with van der Waals surface area (Å²) in [6.07, 6.45) is 2.17. The van der Waals surface area contributed by atoms with Gasteiger partial charge in [-0.05, 0) is 18.6 Å². The van der Waals surface area contributed by atoms with Crippen molar-refractivity contribution in [3.63, 3.8) is 0 Å². The van der Waals surface area contributed by atoms with Gasteiger partial charge in [-0.25, -0.2) is 0 Å². The second kappa shape index (κ2) is 12.0. The third-order valence-electron chi connectivity index (χ3n) is 4.85. The Hall–Kier alpha value is -2.83. The van der Waals surface area contributed by atoms with Gasteiger partial charge in [0.15, 0.2) is 0 Å². The van der Waals surface area contributed by atoms with Crippen molar-refractivity contribution in [2.24, 2.45) is 0 Å². The lowest BCUT2D eigenvalue weighted by molar-refractivity contribution is -0.142. The normalized spacial score (nSPS) is 11.0. The Labute approximate surface area is 177 Å². The van der Waals surface area contributed by atoms with Crippen LogP contribution in [0.25, 0.3) is 0 Å². The number of hydrogen-bond donors (Lipinski definition) is 2. The quantitative estimate of drug-likeness (QED) is 0.387. The summed E-state index contributed by atoms with van der Waals surface area (Å²) in [4.78, 5) is 12.2. The molecule has 0 heterocycles. The molecule has 162 valence electrons. The van der Waals surface area contributed by atoms with Gasteiger partial charge in [-0.1, -0.05) is 56.0 Å². The first-order chi connectivity index (χ1) is 14.6. The minimum atomic E-state index is -0.648. The zero-order valence-corrected chi connectivity index (χ0v) is 17.4. The molecule has 2 aromatic rings. The molecule has 0 aliphatic rings. The summed E-state index contributed by atoms with van der Waals surface area (Å²) in [6.45, 7) is 5.88. The molecule has 0 aliphatic heterocycles. The maximum absolute atomic E-state index is 12.2. The smallest absolute Gasteiger partial charge is 0.306 e. The Morgan fingerprint density at radius 1 is 0.967 bits per heavy atom. The van der Waals surface area contributed by atoms with Crippen LogP contribution in [0.5, 0.6) is 11.5 Å². The van der Waals surface area contributed by atoms with E-state index in [0.29, 0.717) is 17.9 Å². The molecule has 0 atom stereocenters. The summed E-state index contributed by atoms with van der Waals surface area (Å²) in [7, 11) is 0. The van der Waals surface area contributed by atoms with E-state index >= 15 is 0 Å². The Bertz CT molecular complexity index is 765. The molecule has 0 unspecified atom stereocenters. The van der Waals surface area contributed by atoms with Crippen LogP contribution in [0, 0.1) is 0 Å². The number of carbonyl (C=O) groups is 1. The van der Waals surface area contributed by atoms with Gasteiger partial charge >= 0.3 is 5.97 Å². The Balaban J connectivity index is 2.49. The van der Waals surface area contributed by atoms with Gasteiger partial charge in [0.25, 0.3) is 0 Å². The average Bonchev–Trinajstić information content (AvgIpc) is 2.78. The van der Waals surface area contributed by atoms with E-state index in [4.69, 9.17) is 14.2 Å². The minimum absolute atomic E-state index is 0.102. The van der Waals surface area contributed by atoms with Crippen molar-refractivity contribution in [3.8, 4) is 11.5 Å². The van der Waals surface area contributed by atoms with Gasteiger partial charge in [-0.2, -0.15) is 0 Å². The van der Waals surface area contributed by atoms with Gasteiger partial charge < -0.3 is 24.4 Å². The zero-order valence-electron chi connectivity index (χ0n) is 17.4. The van der Waals surface area contributed by atoms with Gasteiger partial charge in [0, 0.05) is 23.0 Å². The highest BCUT2D eigenvalue weighted by molar-refractivity contribution is 5.70. The molecule has 2 aromatic carbocycles. The molecule has 0 aliphatic carbocycles. The van der Waals surface area contributed by atoms with Crippen LogP contribution in [0.4, 0.5) is 0 Å².